The Morgan fingerprint density at radius 1 is 1.18 bits per heavy atom. The Bertz CT molecular complexity index is 1270. The molecule has 0 spiro atoms. The van der Waals surface area contributed by atoms with Gasteiger partial charge >= 0.3 is 0 Å². The van der Waals surface area contributed by atoms with Gasteiger partial charge in [0.25, 0.3) is 5.56 Å². The van der Waals surface area contributed by atoms with Crippen LogP contribution in [0, 0.1) is 6.92 Å². The van der Waals surface area contributed by atoms with E-state index in [1.165, 1.54) is 10.4 Å². The van der Waals surface area contributed by atoms with Crippen LogP contribution in [-0.2, 0) is 18.6 Å². The number of hydrogen-bond acceptors (Lipinski definition) is 6. The molecule has 0 saturated carbocycles. The fourth-order valence-corrected chi connectivity index (χ4v) is 4.94. The van der Waals surface area contributed by atoms with Gasteiger partial charge in [-0.2, -0.15) is 0 Å². The first-order valence-electron chi connectivity index (χ1n) is 11.4. The summed E-state index contributed by atoms with van der Waals surface area (Å²) in [5, 5.41) is 15.9. The summed E-state index contributed by atoms with van der Waals surface area (Å²) in [7, 11) is 0. The van der Waals surface area contributed by atoms with Crippen LogP contribution in [0.15, 0.2) is 46.6 Å². The molecule has 1 unspecified atom stereocenters. The minimum Gasteiger partial charge on any atom is -0.322 e. The third-order valence-electron chi connectivity index (χ3n) is 5.82. The molecule has 7 nitrogen and oxygen atoms in total. The van der Waals surface area contributed by atoms with Gasteiger partial charge in [0.05, 0.1) is 11.6 Å². The van der Waals surface area contributed by atoms with Gasteiger partial charge in [-0.15, -0.1) is 16.4 Å². The van der Waals surface area contributed by atoms with E-state index < -0.39 is 0 Å². The molecule has 1 aromatic carbocycles. The molecular formula is C25H32N6OS. The van der Waals surface area contributed by atoms with Crippen molar-refractivity contribution in [1.82, 2.24) is 30.1 Å². The van der Waals surface area contributed by atoms with Gasteiger partial charge in [0.1, 0.15) is 0 Å². The highest BCUT2D eigenvalue weighted by molar-refractivity contribution is 7.09. The van der Waals surface area contributed by atoms with Crippen molar-refractivity contribution >= 4 is 22.2 Å². The second-order valence-electron chi connectivity index (χ2n) is 9.62. The summed E-state index contributed by atoms with van der Waals surface area (Å²) in [5.41, 5.74) is 2.50. The molecule has 0 radical (unpaired) electrons. The Kier molecular flexibility index (Phi) is 6.76. The Morgan fingerprint density at radius 2 is 2.00 bits per heavy atom. The van der Waals surface area contributed by atoms with Crippen molar-refractivity contribution in [3.05, 3.63) is 74.0 Å². The predicted molar refractivity (Wildman–Crippen MR) is 133 cm³/mol. The maximum Gasteiger partial charge on any atom is 0.252 e. The number of hydrogen-bond donors (Lipinski definition) is 1. The van der Waals surface area contributed by atoms with Crippen LogP contribution in [0.2, 0.25) is 0 Å². The summed E-state index contributed by atoms with van der Waals surface area (Å²) in [6.07, 6.45) is 1.88. The fourth-order valence-electron chi connectivity index (χ4n) is 4.21. The monoisotopic (exact) mass is 464 g/mol. The molecule has 8 heteroatoms. The smallest absolute Gasteiger partial charge is 0.252 e. The zero-order valence-corrected chi connectivity index (χ0v) is 20.8. The van der Waals surface area contributed by atoms with Crippen molar-refractivity contribution in [1.29, 1.82) is 0 Å². The Morgan fingerprint density at radius 3 is 2.70 bits per heavy atom. The summed E-state index contributed by atoms with van der Waals surface area (Å²) in [4.78, 5) is 19.7. The van der Waals surface area contributed by atoms with Gasteiger partial charge in [-0.1, -0.05) is 31.0 Å². The van der Waals surface area contributed by atoms with Crippen LogP contribution >= 0.6 is 11.3 Å². The summed E-state index contributed by atoms with van der Waals surface area (Å²) in [6, 6.07) is 12.3. The highest BCUT2D eigenvalue weighted by Crippen LogP contribution is 2.30. The van der Waals surface area contributed by atoms with Crippen molar-refractivity contribution in [3.8, 4) is 0 Å². The number of aryl methyl sites for hydroxylation is 1. The molecule has 0 fully saturated rings. The van der Waals surface area contributed by atoms with Gasteiger partial charge < -0.3 is 4.98 Å². The van der Waals surface area contributed by atoms with Crippen molar-refractivity contribution in [2.45, 2.75) is 72.1 Å². The van der Waals surface area contributed by atoms with Crippen LogP contribution in [-0.4, -0.2) is 30.1 Å². The second kappa shape index (κ2) is 9.57. The molecule has 4 rings (SSSR count). The van der Waals surface area contributed by atoms with E-state index in [2.05, 4.69) is 83.6 Å². The third kappa shape index (κ3) is 5.23. The summed E-state index contributed by atoms with van der Waals surface area (Å²) >= 11 is 1.73. The Labute approximate surface area is 198 Å². The number of tetrazole rings is 1. The number of benzene rings is 1. The lowest BCUT2D eigenvalue weighted by Crippen LogP contribution is -2.35. The molecule has 1 N–H and O–H groups in total. The van der Waals surface area contributed by atoms with Crippen LogP contribution in [0.4, 0.5) is 0 Å². The molecule has 0 bridgehead atoms. The van der Waals surface area contributed by atoms with Gasteiger partial charge in [0, 0.05) is 29.0 Å². The first-order valence-corrected chi connectivity index (χ1v) is 12.3. The molecule has 3 aromatic heterocycles. The van der Waals surface area contributed by atoms with E-state index in [0.717, 1.165) is 41.7 Å². The van der Waals surface area contributed by atoms with Gasteiger partial charge in [0.15, 0.2) is 5.82 Å². The normalized spacial score (nSPS) is 13.2. The van der Waals surface area contributed by atoms with Crippen LogP contribution in [0.3, 0.4) is 0 Å². The number of pyridine rings is 1. The molecule has 33 heavy (non-hydrogen) atoms. The first-order chi connectivity index (χ1) is 15.8. The predicted octanol–water partition coefficient (Wildman–Crippen LogP) is 5.18. The number of thiophene rings is 1. The largest absolute Gasteiger partial charge is 0.322 e. The fraction of sp³-hybridized carbons (Fsp3) is 0.440. The molecule has 0 amide bonds. The molecule has 174 valence electrons. The molecule has 0 aliphatic carbocycles. The number of rotatable bonds is 8. The highest BCUT2D eigenvalue weighted by Gasteiger charge is 2.30. The standard InChI is InChI=1S/C25H32N6OS/c1-6-8-22(23-27-28-29-31(23)25(3,4)5)30(16-20-9-7-12-33-20)15-19-14-18-13-17(2)10-11-21(18)26-24(19)32/h7,9-14,22H,6,8,15-16H2,1-5H3,(H,26,32). The maximum absolute atomic E-state index is 13.0. The molecule has 4 aromatic rings. The zero-order valence-electron chi connectivity index (χ0n) is 20.0. The van der Waals surface area contributed by atoms with E-state index in [1.54, 1.807) is 11.3 Å². The summed E-state index contributed by atoms with van der Waals surface area (Å²) in [5.74, 6) is 0.842. The molecule has 3 heterocycles. The van der Waals surface area contributed by atoms with E-state index in [1.807, 2.05) is 22.9 Å². The van der Waals surface area contributed by atoms with Crippen molar-refractivity contribution < 1.29 is 0 Å². The van der Waals surface area contributed by atoms with Crippen molar-refractivity contribution in [2.75, 3.05) is 0 Å². The maximum atomic E-state index is 13.0. The minimum atomic E-state index is -0.239. The number of fused-ring (bicyclic) bond motifs is 1. The Hall–Kier alpha value is -2.84. The number of nitrogens with zero attached hydrogens (tertiary/aromatic N) is 5. The highest BCUT2D eigenvalue weighted by atomic mass is 32.1. The summed E-state index contributed by atoms with van der Waals surface area (Å²) < 4.78 is 1.92. The zero-order chi connectivity index (χ0) is 23.6. The van der Waals surface area contributed by atoms with Gasteiger partial charge in [-0.05, 0) is 79.6 Å². The summed E-state index contributed by atoms with van der Waals surface area (Å²) in [6.45, 7) is 11.8. The Balaban J connectivity index is 1.77. The topological polar surface area (TPSA) is 79.7 Å². The van der Waals surface area contributed by atoms with Crippen LogP contribution in [0.1, 0.15) is 68.4 Å². The van der Waals surface area contributed by atoms with Crippen LogP contribution < -0.4 is 5.56 Å². The molecule has 0 aliphatic heterocycles. The lowest BCUT2D eigenvalue weighted by atomic mass is 10.0. The third-order valence-corrected chi connectivity index (χ3v) is 6.68. The molecule has 1 atom stereocenters. The van der Waals surface area contributed by atoms with Gasteiger partial charge in [0.2, 0.25) is 0 Å². The quantitative estimate of drug-likeness (QED) is 0.388. The first kappa shape index (κ1) is 23.3. The average molecular weight is 465 g/mol. The minimum absolute atomic E-state index is 0.0149. The van der Waals surface area contributed by atoms with Gasteiger partial charge in [-0.25, -0.2) is 4.68 Å². The van der Waals surface area contributed by atoms with Crippen LogP contribution in [0.5, 0.6) is 0 Å². The van der Waals surface area contributed by atoms with Gasteiger partial charge in [-0.3, -0.25) is 9.69 Å². The van der Waals surface area contributed by atoms with E-state index in [4.69, 9.17) is 0 Å². The van der Waals surface area contributed by atoms with E-state index in [-0.39, 0.29) is 17.1 Å². The molecule has 0 saturated heterocycles. The van der Waals surface area contributed by atoms with E-state index in [0.29, 0.717) is 6.54 Å². The second-order valence-corrected chi connectivity index (χ2v) is 10.7. The van der Waals surface area contributed by atoms with Crippen LogP contribution in [0.25, 0.3) is 10.9 Å². The lowest BCUT2D eigenvalue weighted by Gasteiger charge is -2.32. The molecular weight excluding hydrogens is 432 g/mol. The number of H-pyrrole nitrogens is 1. The number of nitrogens with one attached hydrogen (secondary N) is 1. The van der Waals surface area contributed by atoms with Crippen molar-refractivity contribution in [3.63, 3.8) is 0 Å². The number of aromatic amines is 1. The van der Waals surface area contributed by atoms with E-state index >= 15 is 0 Å². The van der Waals surface area contributed by atoms with E-state index in [9.17, 15) is 4.79 Å². The molecule has 0 aliphatic rings. The average Bonchev–Trinajstić information content (AvgIpc) is 3.44. The number of aromatic nitrogens is 5. The lowest BCUT2D eigenvalue weighted by molar-refractivity contribution is 0.150. The SMILES string of the molecule is CCCC(c1nnnn1C(C)(C)C)N(Cc1cccs1)Cc1cc2cc(C)ccc2[nH]c1=O. The van der Waals surface area contributed by atoms with Crippen molar-refractivity contribution in [2.24, 2.45) is 0 Å².